The van der Waals surface area contributed by atoms with Crippen molar-refractivity contribution in [2.75, 3.05) is 18.1 Å². The Hall–Kier alpha value is -2.89. The van der Waals surface area contributed by atoms with Crippen molar-refractivity contribution < 1.29 is 14.5 Å². The Labute approximate surface area is 133 Å². The Balaban J connectivity index is 1.97. The van der Waals surface area contributed by atoms with Crippen LogP contribution in [0, 0.1) is 10.1 Å². The predicted octanol–water partition coefficient (Wildman–Crippen LogP) is 3.78. The number of amides is 1. The number of carbonyl (C=O) groups is 1. The fraction of sp³-hybridized carbons (Fsp3) is 0.235. The molecule has 1 amide bonds. The predicted molar refractivity (Wildman–Crippen MR) is 86.6 cm³/mol. The maximum atomic E-state index is 12.0. The summed E-state index contributed by atoms with van der Waals surface area (Å²) in [6, 6.07) is 12.2. The number of nitro groups is 1. The molecular formula is C17H16N2O4. The Bertz CT molecular complexity index is 756. The van der Waals surface area contributed by atoms with Gasteiger partial charge in [-0.15, -0.1) is 0 Å². The standard InChI is InChI=1S/C17H16N2O4/c1-2-23-17(20)18-11-10-15-14(4-3-5-16(15)18)12-6-8-13(9-7-12)19(21)22/h3-9H,2,10-11H2,1H3. The number of benzene rings is 2. The normalized spacial score (nSPS) is 12.8. The molecule has 6 heteroatoms. The van der Waals surface area contributed by atoms with Crippen LogP contribution in [0.15, 0.2) is 42.5 Å². The molecule has 2 aromatic carbocycles. The molecule has 0 saturated heterocycles. The second-order valence-electron chi connectivity index (χ2n) is 5.21. The molecule has 0 saturated carbocycles. The third kappa shape index (κ3) is 2.75. The Kier molecular flexibility index (Phi) is 3.97. The SMILES string of the molecule is CCOC(=O)N1CCc2c(-c3ccc([N+](=O)[O-])cc3)cccc21. The van der Waals surface area contributed by atoms with Crippen molar-refractivity contribution >= 4 is 17.5 Å². The van der Waals surface area contributed by atoms with Gasteiger partial charge in [-0.2, -0.15) is 0 Å². The van der Waals surface area contributed by atoms with E-state index in [1.54, 1.807) is 24.0 Å². The molecule has 1 heterocycles. The van der Waals surface area contributed by atoms with Crippen LogP contribution in [-0.2, 0) is 11.2 Å². The minimum atomic E-state index is -0.415. The summed E-state index contributed by atoms with van der Waals surface area (Å²) in [5.74, 6) is 0. The second-order valence-corrected chi connectivity index (χ2v) is 5.21. The van der Waals surface area contributed by atoms with Gasteiger partial charge >= 0.3 is 6.09 Å². The number of carbonyl (C=O) groups excluding carboxylic acids is 1. The molecule has 6 nitrogen and oxygen atoms in total. The zero-order valence-electron chi connectivity index (χ0n) is 12.7. The van der Waals surface area contributed by atoms with E-state index < -0.39 is 4.92 Å². The lowest BCUT2D eigenvalue weighted by atomic mass is 9.98. The van der Waals surface area contributed by atoms with Crippen LogP contribution in [0.3, 0.4) is 0 Å². The van der Waals surface area contributed by atoms with Gasteiger partial charge in [0.05, 0.1) is 17.2 Å². The van der Waals surface area contributed by atoms with Crippen LogP contribution >= 0.6 is 0 Å². The van der Waals surface area contributed by atoms with Crippen LogP contribution in [0.4, 0.5) is 16.2 Å². The summed E-state index contributed by atoms with van der Waals surface area (Å²) in [6.45, 7) is 2.70. The van der Waals surface area contributed by atoms with Gasteiger partial charge in [0, 0.05) is 18.7 Å². The van der Waals surface area contributed by atoms with E-state index in [0.29, 0.717) is 13.2 Å². The van der Waals surface area contributed by atoms with Gasteiger partial charge in [-0.3, -0.25) is 15.0 Å². The highest BCUT2D eigenvalue weighted by Crippen LogP contribution is 2.36. The zero-order chi connectivity index (χ0) is 16.4. The molecule has 1 aliphatic rings. The van der Waals surface area contributed by atoms with E-state index in [4.69, 9.17) is 4.74 Å². The summed E-state index contributed by atoms with van der Waals surface area (Å²) in [5, 5.41) is 10.8. The number of hydrogen-bond acceptors (Lipinski definition) is 4. The van der Waals surface area contributed by atoms with Gasteiger partial charge in [-0.25, -0.2) is 4.79 Å². The first-order chi connectivity index (χ1) is 11.1. The number of non-ortho nitro benzene ring substituents is 1. The van der Waals surface area contributed by atoms with Crippen LogP contribution < -0.4 is 4.90 Å². The van der Waals surface area contributed by atoms with Gasteiger partial charge in [-0.1, -0.05) is 12.1 Å². The fourth-order valence-corrected chi connectivity index (χ4v) is 2.86. The molecule has 23 heavy (non-hydrogen) atoms. The molecule has 0 radical (unpaired) electrons. The zero-order valence-corrected chi connectivity index (χ0v) is 12.7. The van der Waals surface area contributed by atoms with Gasteiger partial charge in [-0.05, 0) is 48.2 Å². The average molecular weight is 312 g/mol. The minimum Gasteiger partial charge on any atom is -0.449 e. The maximum Gasteiger partial charge on any atom is 0.414 e. The summed E-state index contributed by atoms with van der Waals surface area (Å²) in [6.07, 6.45) is 0.397. The van der Waals surface area contributed by atoms with Crippen molar-refractivity contribution in [1.29, 1.82) is 0 Å². The van der Waals surface area contributed by atoms with Gasteiger partial charge in [0.15, 0.2) is 0 Å². The molecule has 0 atom stereocenters. The highest BCUT2D eigenvalue weighted by atomic mass is 16.6. The summed E-state index contributed by atoms with van der Waals surface area (Å²) >= 11 is 0. The van der Waals surface area contributed by atoms with Crippen molar-refractivity contribution in [1.82, 2.24) is 0 Å². The molecule has 3 rings (SSSR count). The van der Waals surface area contributed by atoms with Crippen molar-refractivity contribution in [3.63, 3.8) is 0 Å². The molecule has 0 bridgehead atoms. The van der Waals surface area contributed by atoms with E-state index >= 15 is 0 Å². The average Bonchev–Trinajstić information content (AvgIpc) is 2.99. The van der Waals surface area contributed by atoms with E-state index in [9.17, 15) is 14.9 Å². The van der Waals surface area contributed by atoms with E-state index in [1.807, 2.05) is 18.2 Å². The van der Waals surface area contributed by atoms with E-state index in [-0.39, 0.29) is 11.8 Å². The summed E-state index contributed by atoms with van der Waals surface area (Å²) in [5.41, 5.74) is 3.87. The van der Waals surface area contributed by atoms with Crippen molar-refractivity contribution in [3.05, 3.63) is 58.1 Å². The quantitative estimate of drug-likeness (QED) is 0.638. The van der Waals surface area contributed by atoms with Gasteiger partial charge in [0.25, 0.3) is 5.69 Å². The largest absolute Gasteiger partial charge is 0.449 e. The van der Waals surface area contributed by atoms with Crippen LogP contribution in [0.1, 0.15) is 12.5 Å². The number of anilines is 1. The lowest BCUT2D eigenvalue weighted by Crippen LogP contribution is -2.29. The first-order valence-corrected chi connectivity index (χ1v) is 7.43. The Morgan fingerprint density at radius 2 is 2.00 bits per heavy atom. The summed E-state index contributed by atoms with van der Waals surface area (Å²) < 4.78 is 5.08. The van der Waals surface area contributed by atoms with Crippen molar-refractivity contribution in [3.8, 4) is 11.1 Å². The van der Waals surface area contributed by atoms with E-state index in [2.05, 4.69) is 0 Å². The smallest absolute Gasteiger partial charge is 0.414 e. The number of nitrogens with zero attached hydrogens (tertiary/aromatic N) is 2. The number of ether oxygens (including phenoxy) is 1. The second kappa shape index (κ2) is 6.08. The molecule has 0 fully saturated rings. The van der Waals surface area contributed by atoms with Crippen molar-refractivity contribution in [2.45, 2.75) is 13.3 Å². The van der Waals surface area contributed by atoms with Crippen LogP contribution in [-0.4, -0.2) is 24.2 Å². The van der Waals surface area contributed by atoms with Gasteiger partial charge in [0.1, 0.15) is 0 Å². The third-order valence-corrected chi connectivity index (χ3v) is 3.90. The summed E-state index contributed by atoms with van der Waals surface area (Å²) in [7, 11) is 0. The molecule has 0 N–H and O–H groups in total. The van der Waals surface area contributed by atoms with Crippen molar-refractivity contribution in [2.24, 2.45) is 0 Å². The Morgan fingerprint density at radius 1 is 1.26 bits per heavy atom. The van der Waals surface area contributed by atoms with Gasteiger partial charge < -0.3 is 4.74 Å². The molecule has 0 spiro atoms. The lowest BCUT2D eigenvalue weighted by molar-refractivity contribution is -0.384. The Morgan fingerprint density at radius 3 is 2.65 bits per heavy atom. The maximum absolute atomic E-state index is 12.0. The van der Waals surface area contributed by atoms with Gasteiger partial charge in [0.2, 0.25) is 0 Å². The number of rotatable bonds is 3. The van der Waals surface area contributed by atoms with E-state index in [1.165, 1.54) is 12.1 Å². The molecule has 2 aromatic rings. The molecule has 0 unspecified atom stereocenters. The third-order valence-electron chi connectivity index (χ3n) is 3.90. The minimum absolute atomic E-state index is 0.0643. The molecule has 1 aliphatic heterocycles. The molecule has 118 valence electrons. The van der Waals surface area contributed by atoms with Crippen LogP contribution in [0.5, 0.6) is 0 Å². The molecule has 0 aromatic heterocycles. The highest BCUT2D eigenvalue weighted by Gasteiger charge is 2.27. The van der Waals surface area contributed by atoms with Crippen LogP contribution in [0.25, 0.3) is 11.1 Å². The van der Waals surface area contributed by atoms with E-state index in [0.717, 1.165) is 28.8 Å². The monoisotopic (exact) mass is 312 g/mol. The number of fused-ring (bicyclic) bond motifs is 1. The first kappa shape index (κ1) is 15.0. The first-order valence-electron chi connectivity index (χ1n) is 7.43. The number of nitro benzene ring substituents is 1. The number of hydrogen-bond donors (Lipinski definition) is 0. The molecular weight excluding hydrogens is 296 g/mol. The topological polar surface area (TPSA) is 72.7 Å². The highest BCUT2D eigenvalue weighted by molar-refractivity contribution is 5.92. The molecule has 0 aliphatic carbocycles. The summed E-state index contributed by atoms with van der Waals surface area (Å²) in [4.78, 5) is 24.0. The van der Waals surface area contributed by atoms with Crippen LogP contribution in [0.2, 0.25) is 0 Å². The lowest BCUT2D eigenvalue weighted by Gasteiger charge is -2.17. The fourth-order valence-electron chi connectivity index (χ4n) is 2.86.